The highest BCUT2D eigenvalue weighted by atomic mass is 16.2. The molecule has 0 aliphatic carbocycles. The van der Waals surface area contributed by atoms with E-state index in [1.165, 1.54) is 0 Å². The fraction of sp³-hybridized carbons (Fsp3) is 0.833. The Labute approximate surface area is 103 Å². The van der Waals surface area contributed by atoms with Gasteiger partial charge in [0, 0.05) is 20.1 Å². The first-order chi connectivity index (χ1) is 7.88. The van der Waals surface area contributed by atoms with Gasteiger partial charge in [0.1, 0.15) is 0 Å². The van der Waals surface area contributed by atoms with Crippen LogP contribution in [0.1, 0.15) is 27.2 Å². The van der Waals surface area contributed by atoms with E-state index in [2.05, 4.69) is 5.32 Å². The van der Waals surface area contributed by atoms with Crippen LogP contribution >= 0.6 is 0 Å². The molecule has 1 N–H and O–H groups in total. The van der Waals surface area contributed by atoms with Crippen molar-refractivity contribution in [1.82, 2.24) is 15.1 Å². The standard InChI is InChI=1S/C12H23N3O2/c1-5-13-12(2,3)11(17)15-8-6-7-14(4)10(16)9-15/h13H,5-9H2,1-4H3. The highest BCUT2D eigenvalue weighted by Gasteiger charge is 2.33. The fourth-order valence-electron chi connectivity index (χ4n) is 2.07. The van der Waals surface area contributed by atoms with Crippen molar-refractivity contribution in [2.45, 2.75) is 32.7 Å². The first-order valence-corrected chi connectivity index (χ1v) is 6.17. The van der Waals surface area contributed by atoms with Gasteiger partial charge in [-0.05, 0) is 26.8 Å². The van der Waals surface area contributed by atoms with E-state index in [4.69, 9.17) is 0 Å². The van der Waals surface area contributed by atoms with Gasteiger partial charge >= 0.3 is 0 Å². The lowest BCUT2D eigenvalue weighted by Gasteiger charge is -2.31. The van der Waals surface area contributed by atoms with Crippen molar-refractivity contribution in [3.63, 3.8) is 0 Å². The van der Waals surface area contributed by atoms with Crippen LogP contribution in [0.2, 0.25) is 0 Å². The Hall–Kier alpha value is -1.10. The number of carbonyl (C=O) groups is 2. The minimum atomic E-state index is -0.599. The van der Waals surface area contributed by atoms with Crippen LogP contribution in [0.25, 0.3) is 0 Å². The van der Waals surface area contributed by atoms with E-state index in [9.17, 15) is 9.59 Å². The Bertz CT molecular complexity index is 302. The number of hydrogen-bond donors (Lipinski definition) is 1. The van der Waals surface area contributed by atoms with Crippen LogP contribution in [-0.4, -0.2) is 60.4 Å². The molecule has 17 heavy (non-hydrogen) atoms. The Morgan fingerprint density at radius 3 is 2.65 bits per heavy atom. The van der Waals surface area contributed by atoms with Crippen LogP contribution in [0.5, 0.6) is 0 Å². The van der Waals surface area contributed by atoms with Crippen molar-refractivity contribution in [2.24, 2.45) is 0 Å². The molecule has 0 radical (unpaired) electrons. The van der Waals surface area contributed by atoms with Crippen molar-refractivity contribution in [2.75, 3.05) is 33.2 Å². The number of nitrogens with zero attached hydrogens (tertiary/aromatic N) is 2. The van der Waals surface area contributed by atoms with E-state index in [0.29, 0.717) is 6.54 Å². The van der Waals surface area contributed by atoms with Gasteiger partial charge in [0.25, 0.3) is 0 Å². The topological polar surface area (TPSA) is 52.7 Å². The van der Waals surface area contributed by atoms with E-state index in [-0.39, 0.29) is 18.4 Å². The SMILES string of the molecule is CCNC(C)(C)C(=O)N1CCCN(C)C(=O)C1. The molecule has 0 spiro atoms. The van der Waals surface area contributed by atoms with Gasteiger partial charge in [0.15, 0.2) is 0 Å². The zero-order valence-electron chi connectivity index (χ0n) is 11.2. The van der Waals surface area contributed by atoms with Crippen molar-refractivity contribution in [1.29, 1.82) is 0 Å². The lowest BCUT2D eigenvalue weighted by atomic mass is 10.0. The molecule has 98 valence electrons. The van der Waals surface area contributed by atoms with Gasteiger partial charge in [-0.25, -0.2) is 0 Å². The van der Waals surface area contributed by atoms with Crippen LogP contribution in [0.4, 0.5) is 0 Å². The van der Waals surface area contributed by atoms with E-state index in [1.807, 2.05) is 20.8 Å². The zero-order valence-corrected chi connectivity index (χ0v) is 11.2. The van der Waals surface area contributed by atoms with Gasteiger partial charge < -0.3 is 15.1 Å². The predicted molar refractivity (Wildman–Crippen MR) is 66.6 cm³/mol. The molecule has 0 aromatic heterocycles. The number of likely N-dealkylation sites (N-methyl/N-ethyl adjacent to an activating group) is 2. The molecule has 5 heteroatoms. The number of carbonyl (C=O) groups excluding carboxylic acids is 2. The smallest absolute Gasteiger partial charge is 0.242 e. The molecule has 0 atom stereocenters. The molecule has 1 fully saturated rings. The van der Waals surface area contributed by atoms with Crippen LogP contribution in [0.15, 0.2) is 0 Å². The predicted octanol–water partition coefficient (Wildman–Crippen LogP) is 0.0652. The van der Waals surface area contributed by atoms with Crippen molar-refractivity contribution in [3.8, 4) is 0 Å². The molecule has 0 saturated carbocycles. The van der Waals surface area contributed by atoms with Gasteiger partial charge in [-0.2, -0.15) is 0 Å². The lowest BCUT2D eigenvalue weighted by Crippen LogP contribution is -2.55. The summed E-state index contributed by atoms with van der Waals surface area (Å²) in [5.74, 6) is 0.0196. The first kappa shape index (κ1) is 14.0. The summed E-state index contributed by atoms with van der Waals surface area (Å²) in [5, 5.41) is 3.15. The fourth-order valence-corrected chi connectivity index (χ4v) is 2.07. The van der Waals surface area contributed by atoms with Crippen molar-refractivity contribution in [3.05, 3.63) is 0 Å². The molecule has 1 aliphatic rings. The molecule has 0 bridgehead atoms. The summed E-state index contributed by atoms with van der Waals surface area (Å²) in [6.45, 7) is 8.00. The highest BCUT2D eigenvalue weighted by Crippen LogP contribution is 2.11. The molecule has 1 saturated heterocycles. The van der Waals surface area contributed by atoms with Crippen molar-refractivity contribution < 1.29 is 9.59 Å². The normalized spacial score (nSPS) is 18.2. The minimum Gasteiger partial charge on any atom is -0.344 e. The molecule has 1 heterocycles. The third kappa shape index (κ3) is 3.43. The maximum atomic E-state index is 12.3. The molecule has 1 rings (SSSR count). The third-order valence-electron chi connectivity index (χ3n) is 3.11. The Kier molecular flexibility index (Phi) is 4.51. The minimum absolute atomic E-state index is 0.00278. The third-order valence-corrected chi connectivity index (χ3v) is 3.11. The van der Waals surface area contributed by atoms with Gasteiger partial charge in [-0.15, -0.1) is 0 Å². The molecular weight excluding hydrogens is 218 g/mol. The second kappa shape index (κ2) is 5.49. The highest BCUT2D eigenvalue weighted by molar-refractivity contribution is 5.90. The maximum absolute atomic E-state index is 12.3. The molecular formula is C12H23N3O2. The van der Waals surface area contributed by atoms with E-state index >= 15 is 0 Å². The second-order valence-electron chi connectivity index (χ2n) is 5.05. The number of hydrogen-bond acceptors (Lipinski definition) is 3. The van der Waals surface area contributed by atoms with E-state index in [1.54, 1.807) is 16.8 Å². The van der Waals surface area contributed by atoms with Crippen LogP contribution in [0.3, 0.4) is 0 Å². The lowest BCUT2D eigenvalue weighted by molar-refractivity contribution is -0.141. The Morgan fingerprint density at radius 2 is 2.06 bits per heavy atom. The van der Waals surface area contributed by atoms with Crippen LogP contribution in [-0.2, 0) is 9.59 Å². The monoisotopic (exact) mass is 241 g/mol. The summed E-state index contributed by atoms with van der Waals surface area (Å²) in [7, 11) is 1.78. The summed E-state index contributed by atoms with van der Waals surface area (Å²) >= 11 is 0. The Balaban J connectivity index is 2.72. The van der Waals surface area contributed by atoms with Gasteiger partial charge in [-0.1, -0.05) is 6.92 Å². The summed E-state index contributed by atoms with van der Waals surface area (Å²) in [6.07, 6.45) is 0.843. The quantitative estimate of drug-likeness (QED) is 0.760. The first-order valence-electron chi connectivity index (χ1n) is 6.17. The number of rotatable bonds is 3. The summed E-state index contributed by atoms with van der Waals surface area (Å²) in [6, 6.07) is 0. The van der Waals surface area contributed by atoms with Crippen LogP contribution in [0, 0.1) is 0 Å². The molecule has 2 amide bonds. The average Bonchev–Trinajstić information content (AvgIpc) is 2.40. The van der Waals surface area contributed by atoms with Crippen molar-refractivity contribution >= 4 is 11.8 Å². The molecule has 1 aliphatic heterocycles. The summed E-state index contributed by atoms with van der Waals surface area (Å²) < 4.78 is 0. The van der Waals surface area contributed by atoms with E-state index in [0.717, 1.165) is 19.5 Å². The average molecular weight is 241 g/mol. The van der Waals surface area contributed by atoms with Crippen LogP contribution < -0.4 is 5.32 Å². The summed E-state index contributed by atoms with van der Waals surface area (Å²) in [4.78, 5) is 27.4. The number of amides is 2. The summed E-state index contributed by atoms with van der Waals surface area (Å²) in [5.41, 5.74) is -0.599. The van der Waals surface area contributed by atoms with Gasteiger partial charge in [0.2, 0.25) is 11.8 Å². The Morgan fingerprint density at radius 1 is 1.41 bits per heavy atom. The molecule has 0 unspecified atom stereocenters. The van der Waals surface area contributed by atoms with Gasteiger partial charge in [0.05, 0.1) is 12.1 Å². The van der Waals surface area contributed by atoms with Gasteiger partial charge in [-0.3, -0.25) is 9.59 Å². The molecule has 5 nitrogen and oxygen atoms in total. The van der Waals surface area contributed by atoms with E-state index < -0.39 is 5.54 Å². The molecule has 0 aromatic carbocycles. The largest absolute Gasteiger partial charge is 0.344 e. The number of nitrogens with one attached hydrogen (secondary N) is 1. The zero-order chi connectivity index (χ0) is 13.1. The maximum Gasteiger partial charge on any atom is 0.242 e. The molecule has 0 aromatic rings. The second-order valence-corrected chi connectivity index (χ2v) is 5.05.